The molecule has 0 aromatic heterocycles. The average molecular weight is 541 g/mol. The third-order valence-corrected chi connectivity index (χ3v) is 5.41. The summed E-state index contributed by atoms with van der Waals surface area (Å²) in [5, 5.41) is 1.61. The molecular formula is C27H32F4N2O5. The molecule has 2 aromatic carbocycles. The fourth-order valence-electron chi connectivity index (χ4n) is 3.88. The van der Waals surface area contributed by atoms with Gasteiger partial charge in [-0.2, -0.15) is 13.2 Å². The Hall–Kier alpha value is -3.50. The second-order valence-corrected chi connectivity index (χ2v) is 10.5. The van der Waals surface area contributed by atoms with Gasteiger partial charge in [-0.25, -0.2) is 9.18 Å². The van der Waals surface area contributed by atoms with Crippen LogP contribution in [0.2, 0.25) is 0 Å². The zero-order valence-electron chi connectivity index (χ0n) is 21.9. The standard InChI is InChI=1S/C27H32F4N2O5/c1-16(2)13-33(25(35)38-26(3,4)5)14-18-11-19-20(37-18)12-21(36-15-17-9-7-6-8-10-17)23(22(19)28)32-24(34)27(29,30)31/h6-10,12,16,18H,11,13-15H2,1-5H3,(H,32,34). The second kappa shape index (κ2) is 11.5. The lowest BCUT2D eigenvalue weighted by molar-refractivity contribution is -0.167. The maximum Gasteiger partial charge on any atom is 0.471 e. The van der Waals surface area contributed by atoms with E-state index < -0.39 is 41.4 Å². The van der Waals surface area contributed by atoms with E-state index in [2.05, 4.69) is 0 Å². The van der Waals surface area contributed by atoms with Gasteiger partial charge in [0.1, 0.15) is 35.5 Å². The first-order valence-electron chi connectivity index (χ1n) is 12.2. The quantitative estimate of drug-likeness (QED) is 0.410. The summed E-state index contributed by atoms with van der Waals surface area (Å²) >= 11 is 0. The lowest BCUT2D eigenvalue weighted by Gasteiger charge is -2.30. The highest BCUT2D eigenvalue weighted by Crippen LogP contribution is 2.42. The number of ether oxygens (including phenoxy) is 3. The monoisotopic (exact) mass is 540 g/mol. The SMILES string of the molecule is CC(C)CN(CC1Cc2c(cc(OCc3ccccc3)c(NC(=O)C(F)(F)F)c2F)O1)C(=O)OC(C)(C)C. The lowest BCUT2D eigenvalue weighted by Crippen LogP contribution is -2.43. The van der Waals surface area contributed by atoms with E-state index in [1.54, 1.807) is 56.4 Å². The van der Waals surface area contributed by atoms with E-state index >= 15 is 4.39 Å². The predicted octanol–water partition coefficient (Wildman–Crippen LogP) is 6.10. The van der Waals surface area contributed by atoms with Crippen LogP contribution in [-0.4, -0.2) is 47.9 Å². The molecule has 2 aromatic rings. The number of hydrogen-bond acceptors (Lipinski definition) is 5. The molecule has 3 rings (SSSR count). The van der Waals surface area contributed by atoms with Crippen LogP contribution >= 0.6 is 0 Å². The van der Waals surface area contributed by atoms with Crippen LogP contribution in [0.5, 0.6) is 11.5 Å². The molecule has 208 valence electrons. The average Bonchev–Trinajstić information content (AvgIpc) is 3.20. The number of carbonyl (C=O) groups excluding carboxylic acids is 2. The molecule has 0 aliphatic carbocycles. The third-order valence-electron chi connectivity index (χ3n) is 5.41. The van der Waals surface area contributed by atoms with Crippen LogP contribution in [0, 0.1) is 11.7 Å². The highest BCUT2D eigenvalue weighted by Gasteiger charge is 2.41. The molecule has 0 saturated carbocycles. The number of nitrogens with zero attached hydrogens (tertiary/aromatic N) is 1. The summed E-state index contributed by atoms with van der Waals surface area (Å²) < 4.78 is 71.5. The van der Waals surface area contributed by atoms with Crippen molar-refractivity contribution in [3.63, 3.8) is 0 Å². The molecule has 0 fully saturated rings. The summed E-state index contributed by atoms with van der Waals surface area (Å²) in [6.45, 7) is 9.40. The molecule has 11 heteroatoms. The Morgan fingerprint density at radius 2 is 1.82 bits per heavy atom. The maximum absolute atomic E-state index is 15.6. The van der Waals surface area contributed by atoms with Gasteiger partial charge in [0.05, 0.1) is 6.54 Å². The van der Waals surface area contributed by atoms with Crippen LogP contribution < -0.4 is 14.8 Å². The molecule has 0 bridgehead atoms. The minimum Gasteiger partial charge on any atom is -0.488 e. The predicted molar refractivity (Wildman–Crippen MR) is 133 cm³/mol. The van der Waals surface area contributed by atoms with Crippen molar-refractivity contribution in [1.82, 2.24) is 4.90 Å². The van der Waals surface area contributed by atoms with E-state index in [0.717, 1.165) is 0 Å². The Morgan fingerprint density at radius 1 is 1.16 bits per heavy atom. The number of nitrogens with one attached hydrogen (secondary N) is 1. The second-order valence-electron chi connectivity index (χ2n) is 10.5. The lowest BCUT2D eigenvalue weighted by atomic mass is 10.1. The largest absolute Gasteiger partial charge is 0.488 e. The van der Waals surface area contributed by atoms with Crippen molar-refractivity contribution in [2.75, 3.05) is 18.4 Å². The first-order valence-corrected chi connectivity index (χ1v) is 12.2. The first-order chi connectivity index (χ1) is 17.6. The van der Waals surface area contributed by atoms with Crippen molar-refractivity contribution in [3.8, 4) is 11.5 Å². The van der Waals surface area contributed by atoms with Gasteiger partial charge in [0.15, 0.2) is 5.82 Å². The Kier molecular flexibility index (Phi) is 8.79. The number of halogens is 4. The highest BCUT2D eigenvalue weighted by molar-refractivity contribution is 5.96. The molecule has 1 aliphatic rings. The summed E-state index contributed by atoms with van der Waals surface area (Å²) in [5.74, 6) is -3.56. The Bertz CT molecular complexity index is 1150. The molecular weight excluding hydrogens is 508 g/mol. The molecule has 1 heterocycles. The van der Waals surface area contributed by atoms with Crippen molar-refractivity contribution in [2.45, 2.75) is 65.5 Å². The summed E-state index contributed by atoms with van der Waals surface area (Å²) in [6, 6.07) is 9.98. The first kappa shape index (κ1) is 29.1. The number of anilines is 1. The van der Waals surface area contributed by atoms with Crippen molar-refractivity contribution in [1.29, 1.82) is 0 Å². The maximum atomic E-state index is 15.6. The van der Waals surface area contributed by atoms with Gasteiger partial charge in [0.2, 0.25) is 0 Å². The van der Waals surface area contributed by atoms with Gasteiger partial charge in [0, 0.05) is 24.6 Å². The molecule has 0 saturated heterocycles. The molecule has 0 spiro atoms. The van der Waals surface area contributed by atoms with Gasteiger partial charge in [-0.1, -0.05) is 44.2 Å². The van der Waals surface area contributed by atoms with Gasteiger partial charge < -0.3 is 24.4 Å². The van der Waals surface area contributed by atoms with Gasteiger partial charge in [-0.3, -0.25) is 4.79 Å². The van der Waals surface area contributed by atoms with Gasteiger partial charge in [0.25, 0.3) is 0 Å². The summed E-state index contributed by atoms with van der Waals surface area (Å²) in [4.78, 5) is 25.9. The number of benzene rings is 2. The fraction of sp³-hybridized carbons (Fsp3) is 0.481. The van der Waals surface area contributed by atoms with Crippen molar-refractivity contribution in [3.05, 3.63) is 53.3 Å². The molecule has 7 nitrogen and oxygen atoms in total. The molecule has 1 unspecified atom stereocenters. The Morgan fingerprint density at radius 3 is 2.39 bits per heavy atom. The number of amides is 2. The summed E-state index contributed by atoms with van der Waals surface area (Å²) in [7, 11) is 0. The summed E-state index contributed by atoms with van der Waals surface area (Å²) in [5.41, 5.74) is -0.790. The van der Waals surface area contributed by atoms with Gasteiger partial charge >= 0.3 is 18.2 Å². The highest BCUT2D eigenvalue weighted by atomic mass is 19.4. The number of alkyl halides is 3. The zero-order chi connectivity index (χ0) is 28.3. The van der Waals surface area contributed by atoms with Crippen LogP contribution in [0.15, 0.2) is 36.4 Å². The van der Waals surface area contributed by atoms with Crippen LogP contribution in [0.1, 0.15) is 45.7 Å². The van der Waals surface area contributed by atoms with Crippen molar-refractivity contribution >= 4 is 17.7 Å². The van der Waals surface area contributed by atoms with Crippen LogP contribution in [-0.2, 0) is 22.6 Å². The van der Waals surface area contributed by atoms with E-state index in [4.69, 9.17) is 14.2 Å². The molecule has 2 amide bonds. The third kappa shape index (κ3) is 7.75. The van der Waals surface area contributed by atoms with E-state index in [1.165, 1.54) is 11.0 Å². The van der Waals surface area contributed by atoms with Crippen molar-refractivity contribution < 1.29 is 41.4 Å². The number of carbonyl (C=O) groups is 2. The molecule has 1 N–H and O–H groups in total. The normalized spacial score (nSPS) is 15.1. The number of fused-ring (bicyclic) bond motifs is 1. The smallest absolute Gasteiger partial charge is 0.471 e. The molecule has 1 aliphatic heterocycles. The van der Waals surface area contributed by atoms with E-state index in [-0.39, 0.29) is 42.6 Å². The van der Waals surface area contributed by atoms with E-state index in [9.17, 15) is 22.8 Å². The number of rotatable bonds is 8. The zero-order valence-corrected chi connectivity index (χ0v) is 21.9. The van der Waals surface area contributed by atoms with Crippen LogP contribution in [0.3, 0.4) is 0 Å². The van der Waals surface area contributed by atoms with E-state index in [0.29, 0.717) is 12.1 Å². The van der Waals surface area contributed by atoms with Crippen LogP contribution in [0.4, 0.5) is 28.0 Å². The summed E-state index contributed by atoms with van der Waals surface area (Å²) in [6.07, 6.45) is -6.52. The Labute approximate surface area is 219 Å². The van der Waals surface area contributed by atoms with Crippen molar-refractivity contribution in [2.24, 2.45) is 5.92 Å². The van der Waals surface area contributed by atoms with Crippen LogP contribution in [0.25, 0.3) is 0 Å². The Balaban J connectivity index is 1.87. The molecule has 38 heavy (non-hydrogen) atoms. The van der Waals surface area contributed by atoms with Gasteiger partial charge in [-0.15, -0.1) is 0 Å². The minimum atomic E-state index is -5.23. The molecule has 0 radical (unpaired) electrons. The topological polar surface area (TPSA) is 77.1 Å². The molecule has 1 atom stereocenters. The minimum absolute atomic E-state index is 0.0202. The van der Waals surface area contributed by atoms with E-state index in [1.807, 2.05) is 13.8 Å². The number of hydrogen-bond donors (Lipinski definition) is 1. The van der Waals surface area contributed by atoms with Gasteiger partial charge in [-0.05, 0) is 32.3 Å². The fourth-order valence-corrected chi connectivity index (χ4v) is 3.88.